The van der Waals surface area contributed by atoms with Gasteiger partial charge in [0.25, 0.3) is 0 Å². The van der Waals surface area contributed by atoms with E-state index in [0.717, 1.165) is 12.8 Å². The van der Waals surface area contributed by atoms with Crippen LogP contribution in [0.25, 0.3) is 0 Å². The lowest BCUT2D eigenvalue weighted by Gasteiger charge is -2.23. The van der Waals surface area contributed by atoms with Crippen molar-refractivity contribution >= 4 is 40.7 Å². The molecule has 6 heteroatoms. The molecule has 0 aromatic heterocycles. The topological polar surface area (TPSA) is 49.4 Å². The van der Waals surface area contributed by atoms with Crippen molar-refractivity contribution in [3.05, 3.63) is 28.2 Å². The Kier molecular flexibility index (Phi) is 6.09. The summed E-state index contributed by atoms with van der Waals surface area (Å²) in [4.78, 5) is 25.4. The Balaban J connectivity index is 2.00. The minimum Gasteiger partial charge on any atom is -0.353 e. The Morgan fingerprint density at radius 1 is 1.23 bits per heavy atom. The normalized spacial score (nSPS) is 14.9. The maximum absolute atomic E-state index is 12.0. The first-order chi connectivity index (χ1) is 10.5. The van der Waals surface area contributed by atoms with E-state index >= 15 is 0 Å². The third-order valence-corrected chi connectivity index (χ3v) is 4.48. The molecule has 0 atom stereocenters. The molecular formula is C16H20Cl2N2O2. The molecule has 2 amide bonds. The molecule has 1 aliphatic rings. The standard InChI is InChI=1S/C16H20Cl2N2O2/c1-11(21)20(16-13(17)7-4-8-14(16)18)10-9-15(22)19-12-5-2-3-6-12/h4,7-8,12H,2-3,5-6,9-10H2,1H3,(H,19,22). The summed E-state index contributed by atoms with van der Waals surface area (Å²) in [5.74, 6) is -0.231. The fraction of sp³-hybridized carbons (Fsp3) is 0.500. The summed E-state index contributed by atoms with van der Waals surface area (Å²) in [5.41, 5.74) is 0.465. The van der Waals surface area contributed by atoms with Gasteiger partial charge in [-0.3, -0.25) is 9.59 Å². The van der Waals surface area contributed by atoms with Crippen molar-refractivity contribution < 1.29 is 9.59 Å². The first kappa shape index (κ1) is 17.1. The van der Waals surface area contributed by atoms with Gasteiger partial charge in [0.15, 0.2) is 0 Å². The predicted octanol–water partition coefficient (Wildman–Crippen LogP) is 3.80. The second kappa shape index (κ2) is 7.84. The van der Waals surface area contributed by atoms with Crippen LogP contribution in [0.5, 0.6) is 0 Å². The lowest BCUT2D eigenvalue weighted by Crippen LogP contribution is -2.37. The largest absolute Gasteiger partial charge is 0.353 e. The van der Waals surface area contributed by atoms with Gasteiger partial charge in [0.1, 0.15) is 0 Å². The zero-order valence-electron chi connectivity index (χ0n) is 12.6. The fourth-order valence-electron chi connectivity index (χ4n) is 2.76. The van der Waals surface area contributed by atoms with Crippen LogP contribution < -0.4 is 10.2 Å². The first-order valence-electron chi connectivity index (χ1n) is 7.50. The summed E-state index contributed by atoms with van der Waals surface area (Å²) < 4.78 is 0. The van der Waals surface area contributed by atoms with Crippen LogP contribution in [-0.2, 0) is 9.59 Å². The van der Waals surface area contributed by atoms with Crippen molar-refractivity contribution in [1.29, 1.82) is 0 Å². The summed E-state index contributed by atoms with van der Waals surface area (Å²) >= 11 is 12.3. The molecule has 0 unspecified atom stereocenters. The van der Waals surface area contributed by atoms with Crippen molar-refractivity contribution in [3.63, 3.8) is 0 Å². The van der Waals surface area contributed by atoms with E-state index in [1.54, 1.807) is 18.2 Å². The second-order valence-electron chi connectivity index (χ2n) is 5.54. The highest BCUT2D eigenvalue weighted by Gasteiger charge is 2.21. The Morgan fingerprint density at radius 2 is 1.82 bits per heavy atom. The number of anilines is 1. The number of carbonyl (C=O) groups excluding carboxylic acids is 2. The zero-order valence-corrected chi connectivity index (χ0v) is 14.1. The van der Waals surface area contributed by atoms with Crippen LogP contribution >= 0.6 is 23.2 Å². The molecule has 2 rings (SSSR count). The Labute approximate surface area is 140 Å². The fourth-order valence-corrected chi connectivity index (χ4v) is 3.36. The predicted molar refractivity (Wildman–Crippen MR) is 89.5 cm³/mol. The highest BCUT2D eigenvalue weighted by atomic mass is 35.5. The highest BCUT2D eigenvalue weighted by molar-refractivity contribution is 6.39. The maximum atomic E-state index is 12.0. The molecule has 1 aliphatic carbocycles. The molecule has 0 radical (unpaired) electrons. The first-order valence-corrected chi connectivity index (χ1v) is 8.26. The number of halogens is 2. The minimum absolute atomic E-state index is 0.0404. The summed E-state index contributed by atoms with van der Waals surface area (Å²) in [7, 11) is 0. The number of benzene rings is 1. The van der Waals surface area contributed by atoms with Crippen LogP contribution in [0, 0.1) is 0 Å². The molecule has 1 N–H and O–H groups in total. The summed E-state index contributed by atoms with van der Waals surface area (Å²) in [5, 5.41) is 3.81. The molecule has 0 bridgehead atoms. The van der Waals surface area contributed by atoms with E-state index in [2.05, 4.69) is 5.32 Å². The molecule has 0 spiro atoms. The molecule has 1 saturated carbocycles. The highest BCUT2D eigenvalue weighted by Crippen LogP contribution is 2.33. The van der Waals surface area contributed by atoms with Crippen molar-refractivity contribution in [2.75, 3.05) is 11.4 Å². The van der Waals surface area contributed by atoms with E-state index in [-0.39, 0.29) is 30.8 Å². The monoisotopic (exact) mass is 342 g/mol. The number of amides is 2. The van der Waals surface area contributed by atoms with Crippen LogP contribution in [0.15, 0.2) is 18.2 Å². The number of hydrogen-bond acceptors (Lipinski definition) is 2. The van der Waals surface area contributed by atoms with E-state index in [9.17, 15) is 9.59 Å². The Bertz CT molecular complexity index is 537. The summed E-state index contributed by atoms with van der Waals surface area (Å²) in [6, 6.07) is 5.36. The van der Waals surface area contributed by atoms with Crippen molar-refractivity contribution in [2.24, 2.45) is 0 Å². The number of para-hydroxylation sites is 1. The van der Waals surface area contributed by atoms with Crippen LogP contribution in [-0.4, -0.2) is 24.4 Å². The number of rotatable bonds is 5. The number of nitrogens with zero attached hydrogens (tertiary/aromatic N) is 1. The lowest BCUT2D eigenvalue weighted by molar-refractivity contribution is -0.121. The Hall–Kier alpha value is -1.26. The average Bonchev–Trinajstić information content (AvgIpc) is 2.94. The summed E-state index contributed by atoms with van der Waals surface area (Å²) in [6.45, 7) is 1.70. The molecule has 0 aliphatic heterocycles. The Morgan fingerprint density at radius 3 is 2.36 bits per heavy atom. The average molecular weight is 343 g/mol. The minimum atomic E-state index is -0.191. The van der Waals surface area contributed by atoms with Crippen molar-refractivity contribution in [3.8, 4) is 0 Å². The van der Waals surface area contributed by atoms with Crippen LogP contribution in [0.1, 0.15) is 39.0 Å². The lowest BCUT2D eigenvalue weighted by atomic mass is 10.2. The van der Waals surface area contributed by atoms with Gasteiger partial charge in [-0.05, 0) is 25.0 Å². The van der Waals surface area contributed by atoms with Gasteiger partial charge < -0.3 is 10.2 Å². The van der Waals surface area contributed by atoms with Gasteiger partial charge in [-0.1, -0.05) is 42.1 Å². The zero-order chi connectivity index (χ0) is 16.1. The van der Waals surface area contributed by atoms with E-state index in [1.165, 1.54) is 24.7 Å². The third-order valence-electron chi connectivity index (χ3n) is 3.87. The maximum Gasteiger partial charge on any atom is 0.223 e. The van der Waals surface area contributed by atoms with Gasteiger partial charge >= 0.3 is 0 Å². The molecular weight excluding hydrogens is 323 g/mol. The van der Waals surface area contributed by atoms with E-state index in [1.807, 2.05) is 0 Å². The molecule has 1 fully saturated rings. The van der Waals surface area contributed by atoms with E-state index in [4.69, 9.17) is 23.2 Å². The molecule has 1 aromatic rings. The smallest absolute Gasteiger partial charge is 0.223 e. The van der Waals surface area contributed by atoms with E-state index in [0.29, 0.717) is 15.7 Å². The van der Waals surface area contributed by atoms with Crippen LogP contribution in [0.3, 0.4) is 0 Å². The molecule has 1 aromatic carbocycles. The van der Waals surface area contributed by atoms with Gasteiger partial charge in [-0.2, -0.15) is 0 Å². The van der Waals surface area contributed by atoms with Crippen LogP contribution in [0.2, 0.25) is 10.0 Å². The van der Waals surface area contributed by atoms with Crippen molar-refractivity contribution in [2.45, 2.75) is 45.1 Å². The molecule has 0 heterocycles. The molecule has 22 heavy (non-hydrogen) atoms. The number of carbonyl (C=O) groups is 2. The van der Waals surface area contributed by atoms with Gasteiger partial charge in [-0.15, -0.1) is 0 Å². The number of hydrogen-bond donors (Lipinski definition) is 1. The second-order valence-corrected chi connectivity index (χ2v) is 6.35. The molecule has 0 saturated heterocycles. The van der Waals surface area contributed by atoms with Gasteiger partial charge in [0.05, 0.1) is 15.7 Å². The molecule has 4 nitrogen and oxygen atoms in total. The van der Waals surface area contributed by atoms with E-state index < -0.39 is 0 Å². The van der Waals surface area contributed by atoms with Gasteiger partial charge in [0.2, 0.25) is 11.8 Å². The van der Waals surface area contributed by atoms with Crippen molar-refractivity contribution in [1.82, 2.24) is 5.32 Å². The van der Waals surface area contributed by atoms with Crippen LogP contribution in [0.4, 0.5) is 5.69 Å². The van der Waals surface area contributed by atoms with Gasteiger partial charge in [-0.25, -0.2) is 0 Å². The SMILES string of the molecule is CC(=O)N(CCC(=O)NC1CCCC1)c1c(Cl)cccc1Cl. The molecule has 120 valence electrons. The quantitative estimate of drug-likeness (QED) is 0.884. The third kappa shape index (κ3) is 4.37. The summed E-state index contributed by atoms with van der Waals surface area (Å²) in [6.07, 6.45) is 4.65. The van der Waals surface area contributed by atoms with Gasteiger partial charge in [0, 0.05) is 25.9 Å². The number of nitrogens with one attached hydrogen (secondary N) is 1.